The summed E-state index contributed by atoms with van der Waals surface area (Å²) in [6.45, 7) is 5.09. The smallest absolute Gasteiger partial charge is 0.219 e. The standard InChI is InChI=1S/C15H24N4O3S/c1-11(20)18-7-4-13(5-8-18)19-6-3-12(10-19)15-14(9-16-17-15)23(2,21)22/h9,12-13H,3-8,10H2,1-2H3,(H,16,17). The minimum absolute atomic E-state index is 0.151. The van der Waals surface area contributed by atoms with Gasteiger partial charge in [0.05, 0.1) is 11.9 Å². The number of rotatable bonds is 3. The zero-order valence-corrected chi connectivity index (χ0v) is 14.5. The molecule has 0 saturated carbocycles. The SMILES string of the molecule is CC(=O)N1CCC(N2CCC(c3[nH]ncc3S(C)(=O)=O)C2)CC1. The molecule has 1 unspecified atom stereocenters. The number of H-pyrrole nitrogens is 1. The van der Waals surface area contributed by atoms with Crippen molar-refractivity contribution in [2.45, 2.75) is 43.0 Å². The normalized spacial score (nSPS) is 24.3. The Morgan fingerprint density at radius 3 is 2.57 bits per heavy atom. The van der Waals surface area contributed by atoms with Gasteiger partial charge in [-0.25, -0.2) is 8.42 Å². The van der Waals surface area contributed by atoms with Gasteiger partial charge in [-0.2, -0.15) is 5.10 Å². The molecule has 2 aliphatic rings. The monoisotopic (exact) mass is 340 g/mol. The van der Waals surface area contributed by atoms with Gasteiger partial charge in [0.15, 0.2) is 9.84 Å². The molecule has 3 rings (SSSR count). The van der Waals surface area contributed by atoms with Crippen LogP contribution in [0, 0.1) is 0 Å². The lowest BCUT2D eigenvalue weighted by atomic mass is 10.0. The van der Waals surface area contributed by atoms with Gasteiger partial charge in [0.2, 0.25) is 5.91 Å². The van der Waals surface area contributed by atoms with Crippen LogP contribution >= 0.6 is 0 Å². The summed E-state index contributed by atoms with van der Waals surface area (Å²) >= 11 is 0. The maximum atomic E-state index is 11.8. The van der Waals surface area contributed by atoms with Crippen LogP contribution in [0.3, 0.4) is 0 Å². The summed E-state index contributed by atoms with van der Waals surface area (Å²) in [5.74, 6) is 0.339. The lowest BCUT2D eigenvalue weighted by molar-refractivity contribution is -0.130. The van der Waals surface area contributed by atoms with Crippen molar-refractivity contribution in [1.82, 2.24) is 20.0 Å². The Morgan fingerprint density at radius 2 is 1.96 bits per heavy atom. The minimum atomic E-state index is -3.24. The van der Waals surface area contributed by atoms with Gasteiger partial charge in [-0.3, -0.25) is 14.8 Å². The van der Waals surface area contributed by atoms with Crippen LogP contribution in [-0.4, -0.2) is 72.8 Å². The Labute approximate surface area is 137 Å². The quantitative estimate of drug-likeness (QED) is 0.871. The molecular formula is C15H24N4O3S. The summed E-state index contributed by atoms with van der Waals surface area (Å²) < 4.78 is 23.7. The molecule has 1 aromatic rings. The summed E-state index contributed by atoms with van der Waals surface area (Å²) in [5.41, 5.74) is 0.746. The average molecular weight is 340 g/mol. The lowest BCUT2D eigenvalue weighted by Crippen LogP contribution is -2.45. The Morgan fingerprint density at radius 1 is 1.26 bits per heavy atom. The predicted octanol–water partition coefficient (Wildman–Crippen LogP) is 0.613. The number of nitrogens with one attached hydrogen (secondary N) is 1. The number of piperidine rings is 1. The van der Waals surface area contributed by atoms with Crippen LogP contribution in [0.1, 0.15) is 37.8 Å². The van der Waals surface area contributed by atoms with Crippen LogP contribution < -0.4 is 0 Å². The van der Waals surface area contributed by atoms with Crippen molar-refractivity contribution in [3.63, 3.8) is 0 Å². The van der Waals surface area contributed by atoms with Gasteiger partial charge in [-0.05, 0) is 25.8 Å². The van der Waals surface area contributed by atoms with Crippen LogP contribution in [-0.2, 0) is 14.6 Å². The average Bonchev–Trinajstić information content (AvgIpc) is 3.15. The van der Waals surface area contributed by atoms with Gasteiger partial charge in [-0.15, -0.1) is 0 Å². The fourth-order valence-corrected chi connectivity index (χ4v) is 4.63. The minimum Gasteiger partial charge on any atom is -0.343 e. The van der Waals surface area contributed by atoms with Crippen LogP contribution in [0.2, 0.25) is 0 Å². The highest BCUT2D eigenvalue weighted by Gasteiger charge is 2.34. The van der Waals surface area contributed by atoms with E-state index in [2.05, 4.69) is 15.1 Å². The molecule has 1 N–H and O–H groups in total. The Balaban J connectivity index is 1.64. The molecule has 0 spiro atoms. The molecule has 0 aliphatic carbocycles. The second kappa shape index (κ2) is 6.24. The highest BCUT2D eigenvalue weighted by molar-refractivity contribution is 7.90. The third-order valence-corrected chi connectivity index (χ3v) is 6.21. The highest BCUT2D eigenvalue weighted by Crippen LogP contribution is 2.32. The number of carbonyl (C=O) groups is 1. The zero-order chi connectivity index (χ0) is 16.6. The Bertz CT molecular complexity index is 677. The Hall–Kier alpha value is -1.41. The van der Waals surface area contributed by atoms with E-state index in [0.29, 0.717) is 10.9 Å². The molecule has 3 heterocycles. The summed E-state index contributed by atoms with van der Waals surface area (Å²) in [7, 11) is -3.24. The first-order valence-corrected chi connectivity index (χ1v) is 9.98. The molecule has 8 heteroatoms. The van der Waals surface area contributed by atoms with E-state index in [-0.39, 0.29) is 11.8 Å². The van der Waals surface area contributed by atoms with Crippen molar-refractivity contribution in [1.29, 1.82) is 0 Å². The summed E-state index contributed by atoms with van der Waals surface area (Å²) in [5, 5.41) is 6.82. The van der Waals surface area contributed by atoms with Crippen molar-refractivity contribution in [2.24, 2.45) is 0 Å². The van der Waals surface area contributed by atoms with Gasteiger partial charge in [0, 0.05) is 44.8 Å². The fourth-order valence-electron chi connectivity index (χ4n) is 3.77. The molecule has 2 aliphatic heterocycles. The van der Waals surface area contributed by atoms with E-state index in [9.17, 15) is 13.2 Å². The number of carbonyl (C=O) groups excluding carboxylic acids is 1. The van der Waals surface area contributed by atoms with Crippen LogP contribution in [0.25, 0.3) is 0 Å². The van der Waals surface area contributed by atoms with Crippen LogP contribution in [0.5, 0.6) is 0 Å². The molecule has 7 nitrogen and oxygen atoms in total. The van der Waals surface area contributed by atoms with E-state index in [4.69, 9.17) is 0 Å². The number of hydrogen-bond acceptors (Lipinski definition) is 5. The first-order chi connectivity index (χ1) is 10.9. The fraction of sp³-hybridized carbons (Fsp3) is 0.733. The zero-order valence-electron chi connectivity index (χ0n) is 13.7. The molecule has 2 saturated heterocycles. The molecular weight excluding hydrogens is 316 g/mol. The molecule has 2 fully saturated rings. The van der Waals surface area contributed by atoms with Crippen molar-refractivity contribution in [2.75, 3.05) is 32.4 Å². The topological polar surface area (TPSA) is 86.4 Å². The van der Waals surface area contributed by atoms with E-state index in [1.165, 1.54) is 12.5 Å². The third kappa shape index (κ3) is 3.42. The summed E-state index contributed by atoms with van der Waals surface area (Å²) in [6, 6.07) is 0.486. The molecule has 1 atom stereocenters. The third-order valence-electron chi connectivity index (χ3n) is 5.09. The number of amides is 1. The van der Waals surface area contributed by atoms with Crippen molar-refractivity contribution >= 4 is 15.7 Å². The van der Waals surface area contributed by atoms with Crippen molar-refractivity contribution in [3.8, 4) is 0 Å². The van der Waals surface area contributed by atoms with Crippen molar-refractivity contribution in [3.05, 3.63) is 11.9 Å². The second-order valence-corrected chi connectivity index (χ2v) is 8.62. The predicted molar refractivity (Wildman–Crippen MR) is 85.9 cm³/mol. The molecule has 0 bridgehead atoms. The molecule has 23 heavy (non-hydrogen) atoms. The molecule has 1 amide bonds. The molecule has 128 valence electrons. The number of nitrogens with zero attached hydrogens (tertiary/aromatic N) is 3. The summed E-state index contributed by atoms with van der Waals surface area (Å²) in [4.78, 5) is 16.1. The van der Waals surface area contributed by atoms with Gasteiger partial charge in [0.1, 0.15) is 4.90 Å². The molecule has 1 aromatic heterocycles. The first kappa shape index (κ1) is 16.4. The van der Waals surface area contributed by atoms with Crippen LogP contribution in [0.4, 0.5) is 0 Å². The van der Waals surface area contributed by atoms with Crippen LogP contribution in [0.15, 0.2) is 11.1 Å². The van der Waals surface area contributed by atoms with E-state index in [0.717, 1.165) is 51.1 Å². The highest BCUT2D eigenvalue weighted by atomic mass is 32.2. The van der Waals surface area contributed by atoms with E-state index < -0.39 is 9.84 Å². The number of likely N-dealkylation sites (tertiary alicyclic amines) is 2. The van der Waals surface area contributed by atoms with E-state index in [1.807, 2.05) is 4.90 Å². The number of aromatic nitrogens is 2. The Kier molecular flexibility index (Phi) is 4.46. The molecule has 0 radical (unpaired) electrons. The second-order valence-electron chi connectivity index (χ2n) is 6.64. The number of hydrogen-bond donors (Lipinski definition) is 1. The van der Waals surface area contributed by atoms with Gasteiger partial charge < -0.3 is 4.90 Å². The lowest BCUT2D eigenvalue weighted by Gasteiger charge is -2.36. The number of aromatic amines is 1. The largest absolute Gasteiger partial charge is 0.343 e. The van der Waals surface area contributed by atoms with Gasteiger partial charge in [0.25, 0.3) is 0 Å². The van der Waals surface area contributed by atoms with Crippen molar-refractivity contribution < 1.29 is 13.2 Å². The first-order valence-electron chi connectivity index (χ1n) is 8.09. The molecule has 0 aromatic carbocycles. The van der Waals surface area contributed by atoms with E-state index in [1.54, 1.807) is 6.92 Å². The van der Waals surface area contributed by atoms with E-state index >= 15 is 0 Å². The summed E-state index contributed by atoms with van der Waals surface area (Å²) in [6.07, 6.45) is 5.57. The van der Waals surface area contributed by atoms with Gasteiger partial charge >= 0.3 is 0 Å². The maximum absolute atomic E-state index is 11.8. The number of sulfone groups is 1. The maximum Gasteiger partial charge on any atom is 0.219 e. The van der Waals surface area contributed by atoms with Gasteiger partial charge in [-0.1, -0.05) is 0 Å².